The number of cyclic esters (lactones) is 1. The molecule has 0 amide bonds. The maximum atomic E-state index is 12.7. The zero-order valence-electron chi connectivity index (χ0n) is 15.3. The number of hydrogen-bond acceptors (Lipinski definition) is 8. The number of rotatable bonds is 1. The normalized spacial score (nSPS) is 44.5. The van der Waals surface area contributed by atoms with Crippen molar-refractivity contribution >= 4 is 11.9 Å². The van der Waals surface area contributed by atoms with Crippen LogP contribution in [0.15, 0.2) is 11.6 Å². The van der Waals surface area contributed by atoms with Crippen molar-refractivity contribution in [3.05, 3.63) is 11.6 Å². The Morgan fingerprint density at radius 2 is 1.92 bits per heavy atom. The van der Waals surface area contributed by atoms with E-state index in [0.29, 0.717) is 13.0 Å². The van der Waals surface area contributed by atoms with Gasteiger partial charge in [0, 0.05) is 24.9 Å². The molecule has 0 aromatic carbocycles. The highest BCUT2D eigenvalue weighted by atomic mass is 16.6. The van der Waals surface area contributed by atoms with E-state index >= 15 is 0 Å². The molecule has 2 fully saturated rings. The first-order valence-electron chi connectivity index (χ1n) is 8.99. The SMILES string of the molecule is CC1[C@@H](C)C(C)(O)C(=O)OCC2=CCN3CC[C@@H](OC(=O)C1(O)CO)C23. The number of aliphatic hydroxyl groups is 3. The highest BCUT2D eigenvalue weighted by Crippen LogP contribution is 2.37. The number of aliphatic hydroxyl groups excluding tert-OH is 1. The molecule has 3 rings (SSSR count). The van der Waals surface area contributed by atoms with Gasteiger partial charge in [0.15, 0.2) is 11.2 Å². The summed E-state index contributed by atoms with van der Waals surface area (Å²) in [6.45, 7) is 4.86. The Labute approximate surface area is 152 Å². The quantitative estimate of drug-likeness (QED) is 0.407. The van der Waals surface area contributed by atoms with E-state index in [0.717, 1.165) is 12.1 Å². The van der Waals surface area contributed by atoms with Gasteiger partial charge in [0.25, 0.3) is 0 Å². The van der Waals surface area contributed by atoms with Crippen LogP contribution in [0.3, 0.4) is 0 Å². The van der Waals surface area contributed by atoms with E-state index in [2.05, 4.69) is 4.90 Å². The lowest BCUT2D eigenvalue weighted by Crippen LogP contribution is -2.58. The number of carbonyl (C=O) groups excluding carboxylic acids is 2. The van der Waals surface area contributed by atoms with Gasteiger partial charge in [-0.15, -0.1) is 0 Å². The predicted octanol–water partition coefficient (Wildman–Crippen LogP) is -0.784. The number of nitrogens with zero attached hydrogens (tertiary/aromatic N) is 1. The van der Waals surface area contributed by atoms with Crippen molar-refractivity contribution in [3.8, 4) is 0 Å². The van der Waals surface area contributed by atoms with Gasteiger partial charge in [0.1, 0.15) is 12.7 Å². The van der Waals surface area contributed by atoms with Gasteiger partial charge in [-0.25, -0.2) is 9.59 Å². The second kappa shape index (κ2) is 6.60. The summed E-state index contributed by atoms with van der Waals surface area (Å²) in [4.78, 5) is 27.3. The highest BCUT2D eigenvalue weighted by Gasteiger charge is 2.54. The molecule has 6 atom stereocenters. The van der Waals surface area contributed by atoms with E-state index in [4.69, 9.17) is 9.47 Å². The zero-order valence-corrected chi connectivity index (χ0v) is 15.3. The topological polar surface area (TPSA) is 117 Å². The monoisotopic (exact) mass is 369 g/mol. The first-order chi connectivity index (χ1) is 12.1. The van der Waals surface area contributed by atoms with Gasteiger partial charge >= 0.3 is 11.9 Å². The first kappa shape index (κ1) is 19.3. The minimum Gasteiger partial charge on any atom is -0.459 e. The third kappa shape index (κ3) is 2.85. The van der Waals surface area contributed by atoms with Gasteiger partial charge < -0.3 is 24.8 Å². The van der Waals surface area contributed by atoms with Gasteiger partial charge in [0.05, 0.1) is 12.6 Å². The van der Waals surface area contributed by atoms with Crippen LogP contribution < -0.4 is 0 Å². The summed E-state index contributed by atoms with van der Waals surface area (Å²) in [7, 11) is 0. The molecule has 3 heterocycles. The molecule has 4 unspecified atom stereocenters. The van der Waals surface area contributed by atoms with Gasteiger partial charge in [-0.05, 0) is 18.9 Å². The van der Waals surface area contributed by atoms with Crippen LogP contribution >= 0.6 is 0 Å². The molecule has 0 radical (unpaired) electrons. The first-order valence-corrected chi connectivity index (χ1v) is 8.99. The molecule has 26 heavy (non-hydrogen) atoms. The van der Waals surface area contributed by atoms with Crippen molar-refractivity contribution < 1.29 is 34.4 Å². The Balaban J connectivity index is 1.99. The van der Waals surface area contributed by atoms with Gasteiger partial charge in [-0.3, -0.25) is 4.90 Å². The second-order valence-electron chi connectivity index (χ2n) is 7.83. The molecular formula is C18H27NO7. The molecule has 2 saturated heterocycles. The predicted molar refractivity (Wildman–Crippen MR) is 89.9 cm³/mol. The Morgan fingerprint density at radius 1 is 1.23 bits per heavy atom. The van der Waals surface area contributed by atoms with E-state index in [9.17, 15) is 24.9 Å². The molecule has 8 heteroatoms. The van der Waals surface area contributed by atoms with Crippen LogP contribution in [-0.4, -0.2) is 81.8 Å². The largest absolute Gasteiger partial charge is 0.459 e. The molecular weight excluding hydrogens is 342 g/mol. The van der Waals surface area contributed by atoms with Crippen molar-refractivity contribution in [2.45, 2.75) is 50.5 Å². The smallest absolute Gasteiger partial charge is 0.341 e. The summed E-state index contributed by atoms with van der Waals surface area (Å²) < 4.78 is 10.9. The Bertz CT molecular complexity index is 631. The maximum Gasteiger partial charge on any atom is 0.341 e. The van der Waals surface area contributed by atoms with Gasteiger partial charge in [0.2, 0.25) is 0 Å². The van der Waals surface area contributed by atoms with Crippen molar-refractivity contribution in [1.82, 2.24) is 4.90 Å². The third-order valence-corrected chi connectivity index (χ3v) is 6.44. The van der Waals surface area contributed by atoms with E-state index in [1.165, 1.54) is 20.8 Å². The van der Waals surface area contributed by atoms with E-state index in [1.54, 1.807) is 0 Å². The summed E-state index contributed by atoms with van der Waals surface area (Å²) in [6.07, 6.45) is 2.06. The molecule has 3 aliphatic rings. The van der Waals surface area contributed by atoms with Crippen molar-refractivity contribution in [2.24, 2.45) is 11.8 Å². The molecule has 146 valence electrons. The molecule has 3 aliphatic heterocycles. The Kier molecular flexibility index (Phi) is 4.89. The van der Waals surface area contributed by atoms with Crippen LogP contribution in [0.2, 0.25) is 0 Å². The van der Waals surface area contributed by atoms with Crippen molar-refractivity contribution in [1.29, 1.82) is 0 Å². The van der Waals surface area contributed by atoms with Crippen molar-refractivity contribution in [3.63, 3.8) is 0 Å². The van der Waals surface area contributed by atoms with Crippen LogP contribution in [-0.2, 0) is 19.1 Å². The number of esters is 2. The molecule has 0 aromatic rings. The van der Waals surface area contributed by atoms with E-state index < -0.39 is 47.7 Å². The fourth-order valence-electron chi connectivity index (χ4n) is 4.14. The fourth-order valence-corrected chi connectivity index (χ4v) is 4.14. The average Bonchev–Trinajstić information content (AvgIpc) is 3.19. The minimum atomic E-state index is -2.22. The average molecular weight is 369 g/mol. The van der Waals surface area contributed by atoms with Crippen molar-refractivity contribution in [2.75, 3.05) is 26.3 Å². The molecule has 0 aliphatic carbocycles. The highest BCUT2D eigenvalue weighted by molar-refractivity contribution is 5.82. The summed E-state index contributed by atoms with van der Waals surface area (Å²) in [5.74, 6) is -3.56. The summed E-state index contributed by atoms with van der Waals surface area (Å²) in [6, 6.07) is -0.216. The van der Waals surface area contributed by atoms with Crippen LogP contribution in [0, 0.1) is 11.8 Å². The summed E-state index contributed by atoms with van der Waals surface area (Å²) in [5.41, 5.74) is -3.34. The third-order valence-electron chi connectivity index (χ3n) is 6.44. The molecule has 0 saturated carbocycles. The minimum absolute atomic E-state index is 0.0234. The maximum absolute atomic E-state index is 12.7. The molecule has 3 N–H and O–H groups in total. The van der Waals surface area contributed by atoms with Gasteiger partial charge in [-0.2, -0.15) is 0 Å². The van der Waals surface area contributed by atoms with Gasteiger partial charge in [-0.1, -0.05) is 19.9 Å². The standard InChI is InChI=1S/C18H27NO7/c1-10-11(2)18(24,9-20)16(22)26-13-5-7-19-6-4-12(14(13)19)8-25-15(21)17(10,3)23/h4,10-11,13-14,20,23-24H,5-9H2,1-3H3/t10-,11?,13-,14?,17?,18?/m1/s1. The molecule has 0 bridgehead atoms. The lowest BCUT2D eigenvalue weighted by molar-refractivity contribution is -0.196. The number of ether oxygens (including phenoxy) is 2. The number of hydrogen-bond donors (Lipinski definition) is 3. The zero-order chi connectivity index (χ0) is 19.3. The lowest BCUT2D eigenvalue weighted by Gasteiger charge is -2.40. The van der Waals surface area contributed by atoms with Crippen LogP contribution in [0.25, 0.3) is 0 Å². The van der Waals surface area contributed by atoms with Crippen LogP contribution in [0.5, 0.6) is 0 Å². The Hall–Kier alpha value is -1.48. The summed E-state index contributed by atoms with van der Waals surface area (Å²) >= 11 is 0. The summed E-state index contributed by atoms with van der Waals surface area (Å²) in [5, 5.41) is 31.3. The molecule has 0 spiro atoms. The number of carbonyl (C=O) groups is 2. The molecule has 8 nitrogen and oxygen atoms in total. The molecule has 0 aromatic heterocycles. The van der Waals surface area contributed by atoms with Crippen LogP contribution in [0.1, 0.15) is 27.2 Å². The fraction of sp³-hybridized carbons (Fsp3) is 0.778. The Morgan fingerprint density at radius 3 is 2.58 bits per heavy atom. The van der Waals surface area contributed by atoms with E-state index in [1.807, 2.05) is 6.08 Å². The second-order valence-corrected chi connectivity index (χ2v) is 7.83. The van der Waals surface area contributed by atoms with Crippen LogP contribution in [0.4, 0.5) is 0 Å². The lowest BCUT2D eigenvalue weighted by atomic mass is 9.73. The van der Waals surface area contributed by atoms with E-state index in [-0.39, 0.29) is 12.6 Å².